The second-order valence-corrected chi connectivity index (χ2v) is 15.7. The summed E-state index contributed by atoms with van der Waals surface area (Å²) in [6, 6.07) is 0. The van der Waals surface area contributed by atoms with E-state index in [1.807, 2.05) is 6.92 Å². The Bertz CT molecular complexity index is 483. The third-order valence-electron chi connectivity index (χ3n) is 7.71. The number of carboxylic acids is 1. The van der Waals surface area contributed by atoms with Crippen LogP contribution in [-0.2, 0) is 9.22 Å². The molecular weight excluding hydrogens is 352 g/mol. The van der Waals surface area contributed by atoms with Gasteiger partial charge in [-0.05, 0) is 67.5 Å². The highest BCUT2D eigenvalue weighted by Gasteiger charge is 2.47. The highest BCUT2D eigenvalue weighted by Crippen LogP contribution is 2.49. The smallest absolute Gasteiger partial charge is 0.306 e. The van der Waals surface area contributed by atoms with E-state index in [0.29, 0.717) is 17.8 Å². The Morgan fingerprint density at radius 2 is 1.89 bits per heavy atom. The molecule has 3 nitrogen and oxygen atoms in total. The van der Waals surface area contributed by atoms with Crippen LogP contribution in [0.5, 0.6) is 0 Å². The predicted octanol–water partition coefficient (Wildman–Crippen LogP) is 7.12. The van der Waals surface area contributed by atoms with Crippen LogP contribution < -0.4 is 0 Å². The summed E-state index contributed by atoms with van der Waals surface area (Å²) in [5.41, 5.74) is 0.337. The van der Waals surface area contributed by atoms with Gasteiger partial charge in [-0.3, -0.25) is 4.79 Å². The lowest BCUT2D eigenvalue weighted by Crippen LogP contribution is -2.50. The van der Waals surface area contributed by atoms with E-state index < -0.39 is 14.3 Å². The van der Waals surface area contributed by atoms with Crippen LogP contribution in [0, 0.1) is 23.2 Å². The Morgan fingerprint density at radius 1 is 1.30 bits per heavy atom. The first-order chi connectivity index (χ1) is 12.3. The minimum Gasteiger partial charge on any atom is -0.481 e. The van der Waals surface area contributed by atoms with Crippen molar-refractivity contribution < 1.29 is 14.3 Å². The number of aliphatic carboxylic acids is 1. The SMILES string of the molecule is CCCCC1(C)CCC(C(C)C(CC)C(=O)O)C(O[Si](C)(C)C(C)(C)C)C1. The van der Waals surface area contributed by atoms with E-state index in [-0.39, 0.29) is 23.0 Å². The number of rotatable bonds is 9. The molecule has 0 aliphatic heterocycles. The first kappa shape index (κ1) is 24.7. The van der Waals surface area contributed by atoms with Gasteiger partial charge in [0.05, 0.1) is 5.92 Å². The van der Waals surface area contributed by atoms with Gasteiger partial charge in [0, 0.05) is 6.10 Å². The zero-order chi connectivity index (χ0) is 21.0. The van der Waals surface area contributed by atoms with Crippen molar-refractivity contribution in [1.82, 2.24) is 0 Å². The monoisotopic (exact) mass is 398 g/mol. The van der Waals surface area contributed by atoms with E-state index in [9.17, 15) is 9.90 Å². The van der Waals surface area contributed by atoms with Gasteiger partial charge < -0.3 is 9.53 Å². The van der Waals surface area contributed by atoms with E-state index in [4.69, 9.17) is 4.43 Å². The lowest BCUT2D eigenvalue weighted by Gasteiger charge is -2.50. The van der Waals surface area contributed by atoms with Crippen molar-refractivity contribution in [3.8, 4) is 0 Å². The summed E-state index contributed by atoms with van der Waals surface area (Å²) >= 11 is 0. The molecule has 0 amide bonds. The van der Waals surface area contributed by atoms with Crippen molar-refractivity contribution in [2.24, 2.45) is 23.2 Å². The van der Waals surface area contributed by atoms with E-state index in [0.717, 1.165) is 12.8 Å². The number of unbranched alkanes of at least 4 members (excludes halogenated alkanes) is 1. The maximum atomic E-state index is 11.8. The molecule has 0 aromatic rings. The second-order valence-electron chi connectivity index (χ2n) is 10.9. The van der Waals surface area contributed by atoms with Crippen molar-refractivity contribution in [1.29, 1.82) is 0 Å². The average Bonchev–Trinajstić information content (AvgIpc) is 2.52. The number of carbonyl (C=O) groups is 1. The molecule has 5 unspecified atom stereocenters. The summed E-state index contributed by atoms with van der Waals surface area (Å²) in [6.07, 6.45) is 8.07. The van der Waals surface area contributed by atoms with Crippen LogP contribution in [0.15, 0.2) is 0 Å². The molecule has 0 spiro atoms. The van der Waals surface area contributed by atoms with Crippen LogP contribution >= 0.6 is 0 Å². The Labute approximate surface area is 169 Å². The molecule has 0 aromatic carbocycles. The van der Waals surface area contributed by atoms with Gasteiger partial charge >= 0.3 is 5.97 Å². The Morgan fingerprint density at radius 3 is 2.33 bits per heavy atom. The number of hydrogen-bond acceptors (Lipinski definition) is 2. The van der Waals surface area contributed by atoms with Crippen LogP contribution in [0.25, 0.3) is 0 Å². The fourth-order valence-electron chi connectivity index (χ4n) is 4.63. The fraction of sp³-hybridized carbons (Fsp3) is 0.957. The van der Waals surface area contributed by atoms with Gasteiger partial charge in [-0.25, -0.2) is 0 Å². The van der Waals surface area contributed by atoms with Crippen molar-refractivity contribution in [3.05, 3.63) is 0 Å². The predicted molar refractivity (Wildman–Crippen MR) is 118 cm³/mol. The molecule has 160 valence electrons. The molecule has 0 bridgehead atoms. The first-order valence-corrected chi connectivity index (χ1v) is 14.1. The summed E-state index contributed by atoms with van der Waals surface area (Å²) in [5.74, 6) is -0.385. The van der Waals surface area contributed by atoms with E-state index in [1.165, 1.54) is 25.7 Å². The summed E-state index contributed by atoms with van der Waals surface area (Å²) in [5, 5.41) is 9.88. The molecule has 4 heteroatoms. The van der Waals surface area contributed by atoms with Crippen molar-refractivity contribution in [2.75, 3.05) is 0 Å². The molecule has 1 N–H and O–H groups in total. The summed E-state index contributed by atoms with van der Waals surface area (Å²) in [6.45, 7) is 20.4. The Kier molecular flexibility index (Phi) is 8.62. The van der Waals surface area contributed by atoms with Crippen molar-refractivity contribution in [2.45, 2.75) is 118 Å². The molecule has 1 aliphatic carbocycles. The lowest BCUT2D eigenvalue weighted by molar-refractivity contribution is -0.145. The molecule has 0 aromatic heterocycles. The highest BCUT2D eigenvalue weighted by molar-refractivity contribution is 6.74. The van der Waals surface area contributed by atoms with Crippen LogP contribution in [0.1, 0.15) is 93.4 Å². The average molecular weight is 399 g/mol. The molecule has 0 heterocycles. The quantitative estimate of drug-likeness (QED) is 0.420. The molecule has 0 saturated heterocycles. The maximum absolute atomic E-state index is 11.8. The van der Waals surface area contributed by atoms with E-state index in [2.05, 4.69) is 54.6 Å². The molecule has 0 radical (unpaired) electrons. The molecule has 1 fully saturated rings. The Hall–Kier alpha value is -0.353. The maximum Gasteiger partial charge on any atom is 0.306 e. The van der Waals surface area contributed by atoms with Crippen molar-refractivity contribution >= 4 is 14.3 Å². The third kappa shape index (κ3) is 6.32. The fourth-order valence-corrected chi connectivity index (χ4v) is 5.99. The van der Waals surface area contributed by atoms with Crippen LogP contribution in [-0.4, -0.2) is 25.5 Å². The van der Waals surface area contributed by atoms with Gasteiger partial charge in [0.15, 0.2) is 8.32 Å². The van der Waals surface area contributed by atoms with Gasteiger partial charge in [-0.15, -0.1) is 0 Å². The second kappa shape index (κ2) is 9.43. The molecular formula is C23H46O3Si. The van der Waals surface area contributed by atoms with Gasteiger partial charge in [0.25, 0.3) is 0 Å². The van der Waals surface area contributed by atoms with Crippen LogP contribution in [0.2, 0.25) is 18.1 Å². The lowest BCUT2D eigenvalue weighted by atomic mass is 9.63. The van der Waals surface area contributed by atoms with Gasteiger partial charge in [0.2, 0.25) is 0 Å². The zero-order valence-corrected chi connectivity index (χ0v) is 20.5. The van der Waals surface area contributed by atoms with Gasteiger partial charge in [-0.2, -0.15) is 0 Å². The van der Waals surface area contributed by atoms with Crippen molar-refractivity contribution in [3.63, 3.8) is 0 Å². The third-order valence-corrected chi connectivity index (χ3v) is 12.2. The molecule has 1 rings (SSSR count). The first-order valence-electron chi connectivity index (χ1n) is 11.2. The summed E-state index contributed by atoms with van der Waals surface area (Å²) in [4.78, 5) is 11.8. The molecule has 27 heavy (non-hydrogen) atoms. The summed E-state index contributed by atoms with van der Waals surface area (Å²) < 4.78 is 6.97. The van der Waals surface area contributed by atoms with Crippen LogP contribution in [0.3, 0.4) is 0 Å². The Balaban J connectivity index is 3.11. The standard InChI is InChI=1S/C23H46O3Si/c1-10-12-14-23(7)15-13-19(17(3)18(11-2)21(24)25)20(16-23)26-27(8,9)22(4,5)6/h17-20H,10-16H2,1-9H3,(H,24,25). The van der Waals surface area contributed by atoms with Crippen LogP contribution in [0.4, 0.5) is 0 Å². The topological polar surface area (TPSA) is 46.5 Å². The van der Waals surface area contributed by atoms with Gasteiger partial charge in [0.1, 0.15) is 0 Å². The molecule has 1 aliphatic rings. The summed E-state index contributed by atoms with van der Waals surface area (Å²) in [7, 11) is -1.89. The van der Waals surface area contributed by atoms with E-state index in [1.54, 1.807) is 0 Å². The minimum atomic E-state index is -1.89. The molecule has 5 atom stereocenters. The van der Waals surface area contributed by atoms with E-state index >= 15 is 0 Å². The number of hydrogen-bond donors (Lipinski definition) is 1. The largest absolute Gasteiger partial charge is 0.481 e. The normalized spacial score (nSPS) is 29.4. The highest BCUT2D eigenvalue weighted by atomic mass is 28.4. The molecule has 1 saturated carbocycles. The van der Waals surface area contributed by atoms with Gasteiger partial charge in [-0.1, -0.05) is 61.3 Å². The number of carboxylic acid groups (broad SMARTS) is 1. The zero-order valence-electron chi connectivity index (χ0n) is 19.5. The minimum absolute atomic E-state index is 0.165.